The van der Waals surface area contributed by atoms with Gasteiger partial charge in [-0.1, -0.05) is 25.7 Å². The quantitative estimate of drug-likeness (QED) is 0.769. The van der Waals surface area contributed by atoms with Crippen LogP contribution in [-0.2, 0) is 10.0 Å². The molecule has 3 rings (SSSR count). The topological polar surface area (TPSA) is 66.9 Å². The Kier molecular flexibility index (Phi) is 6.42. The molecule has 0 atom stereocenters. The highest BCUT2D eigenvalue weighted by Gasteiger charge is 2.31. The molecule has 150 valence electrons. The van der Waals surface area contributed by atoms with E-state index in [1.54, 1.807) is 19.2 Å². The first-order valence-electron chi connectivity index (χ1n) is 9.90. The second-order valence-corrected chi connectivity index (χ2v) is 9.53. The lowest BCUT2D eigenvalue weighted by atomic mass is 10.1. The molecule has 6 nitrogen and oxygen atoms in total. The number of nitrogens with zero attached hydrogens (tertiary/aromatic N) is 2. The Bertz CT molecular complexity index is 764. The molecule has 2 aliphatic rings. The van der Waals surface area contributed by atoms with Crippen LogP contribution in [0.15, 0.2) is 23.1 Å². The zero-order valence-corrected chi connectivity index (χ0v) is 17.1. The number of rotatable bonds is 5. The maximum absolute atomic E-state index is 13.1. The Hall–Kier alpha value is -1.60. The molecule has 1 aromatic carbocycles. The van der Waals surface area contributed by atoms with Gasteiger partial charge in [0.15, 0.2) is 0 Å². The van der Waals surface area contributed by atoms with Crippen LogP contribution < -0.4 is 4.74 Å². The normalized spacial score (nSPS) is 19.3. The Labute approximate surface area is 162 Å². The van der Waals surface area contributed by atoms with Crippen molar-refractivity contribution in [1.29, 1.82) is 0 Å². The highest BCUT2D eigenvalue weighted by atomic mass is 32.2. The number of benzene rings is 1. The van der Waals surface area contributed by atoms with Gasteiger partial charge in [-0.05, 0) is 43.9 Å². The van der Waals surface area contributed by atoms with Crippen LogP contribution in [0.25, 0.3) is 0 Å². The summed E-state index contributed by atoms with van der Waals surface area (Å²) in [5, 5.41) is 0. The van der Waals surface area contributed by atoms with Crippen molar-refractivity contribution in [3.8, 4) is 5.75 Å². The second-order valence-electron chi connectivity index (χ2n) is 7.53. The second kappa shape index (κ2) is 8.61. The number of methoxy groups -OCH3 is 1. The molecular formula is C20H30N2O4S. The fourth-order valence-corrected chi connectivity index (χ4v) is 5.53. The van der Waals surface area contributed by atoms with E-state index in [0.29, 0.717) is 24.4 Å². The summed E-state index contributed by atoms with van der Waals surface area (Å²) < 4.78 is 33.0. The summed E-state index contributed by atoms with van der Waals surface area (Å²) in [5.41, 5.74) is 0.334. The van der Waals surface area contributed by atoms with Gasteiger partial charge in [0.2, 0.25) is 10.0 Å². The van der Waals surface area contributed by atoms with Crippen molar-refractivity contribution >= 4 is 15.9 Å². The van der Waals surface area contributed by atoms with E-state index in [0.717, 1.165) is 51.4 Å². The van der Waals surface area contributed by atoms with E-state index in [2.05, 4.69) is 0 Å². The molecule has 0 bridgehead atoms. The number of hydrogen-bond donors (Lipinski definition) is 0. The largest absolute Gasteiger partial charge is 0.496 e. The standard InChI is InChI=1S/C20H30N2O4S/c1-21(16-9-5-6-10-16)27(24,25)17-11-12-19(26-2)18(15-17)20(23)22-13-7-3-4-8-14-22/h11-12,15-16H,3-10,13-14H2,1-2H3. The Morgan fingerprint density at radius 1 is 1.07 bits per heavy atom. The Balaban J connectivity index is 1.91. The maximum atomic E-state index is 13.1. The summed E-state index contributed by atoms with van der Waals surface area (Å²) in [6.45, 7) is 1.42. The molecule has 0 unspecified atom stereocenters. The van der Waals surface area contributed by atoms with Crippen LogP contribution in [0.2, 0.25) is 0 Å². The zero-order chi connectivity index (χ0) is 19.4. The van der Waals surface area contributed by atoms with E-state index in [1.807, 2.05) is 4.90 Å². The third-order valence-corrected chi connectivity index (χ3v) is 7.72. The van der Waals surface area contributed by atoms with Crippen LogP contribution in [0.4, 0.5) is 0 Å². The van der Waals surface area contributed by atoms with Crippen molar-refractivity contribution in [3.63, 3.8) is 0 Å². The van der Waals surface area contributed by atoms with E-state index in [4.69, 9.17) is 4.74 Å². The van der Waals surface area contributed by atoms with Crippen LogP contribution in [0.5, 0.6) is 5.75 Å². The van der Waals surface area contributed by atoms with Gasteiger partial charge in [0.25, 0.3) is 5.91 Å². The van der Waals surface area contributed by atoms with Crippen LogP contribution in [0.3, 0.4) is 0 Å². The SMILES string of the molecule is COc1ccc(S(=O)(=O)N(C)C2CCCC2)cc1C(=O)N1CCCCCC1. The van der Waals surface area contributed by atoms with Gasteiger partial charge in [-0.15, -0.1) is 0 Å². The van der Waals surface area contributed by atoms with Gasteiger partial charge in [0, 0.05) is 26.2 Å². The van der Waals surface area contributed by atoms with E-state index >= 15 is 0 Å². The minimum absolute atomic E-state index is 0.0434. The molecular weight excluding hydrogens is 364 g/mol. The van der Waals surface area contributed by atoms with Crippen LogP contribution in [0.1, 0.15) is 61.7 Å². The van der Waals surface area contributed by atoms with Gasteiger partial charge in [-0.3, -0.25) is 4.79 Å². The lowest BCUT2D eigenvalue weighted by molar-refractivity contribution is 0.0758. The van der Waals surface area contributed by atoms with Crippen molar-refractivity contribution in [1.82, 2.24) is 9.21 Å². The van der Waals surface area contributed by atoms with Crippen LogP contribution >= 0.6 is 0 Å². The monoisotopic (exact) mass is 394 g/mol. The van der Waals surface area contributed by atoms with Gasteiger partial charge in [0.05, 0.1) is 17.6 Å². The number of ether oxygens (including phenoxy) is 1. The van der Waals surface area contributed by atoms with Gasteiger partial charge in [-0.2, -0.15) is 4.31 Å². The van der Waals surface area contributed by atoms with E-state index in [-0.39, 0.29) is 16.8 Å². The highest BCUT2D eigenvalue weighted by molar-refractivity contribution is 7.89. The first-order chi connectivity index (χ1) is 12.9. The van der Waals surface area contributed by atoms with E-state index < -0.39 is 10.0 Å². The Morgan fingerprint density at radius 2 is 1.70 bits per heavy atom. The zero-order valence-electron chi connectivity index (χ0n) is 16.3. The third-order valence-electron chi connectivity index (χ3n) is 5.81. The summed E-state index contributed by atoms with van der Waals surface area (Å²) >= 11 is 0. The first-order valence-corrected chi connectivity index (χ1v) is 11.3. The number of sulfonamides is 1. The molecule has 27 heavy (non-hydrogen) atoms. The summed E-state index contributed by atoms with van der Waals surface area (Å²) in [4.78, 5) is 15.1. The average molecular weight is 395 g/mol. The summed E-state index contributed by atoms with van der Waals surface area (Å²) in [7, 11) is -0.482. The first kappa shape index (κ1) is 20.1. The molecule has 1 aliphatic heterocycles. The van der Waals surface area contributed by atoms with Crippen molar-refractivity contribution in [2.75, 3.05) is 27.2 Å². The fraction of sp³-hybridized carbons (Fsp3) is 0.650. The molecule has 1 aromatic rings. The number of carbonyl (C=O) groups is 1. The van der Waals surface area contributed by atoms with Crippen LogP contribution in [0, 0.1) is 0 Å². The molecule has 1 saturated carbocycles. The maximum Gasteiger partial charge on any atom is 0.257 e. The van der Waals surface area contributed by atoms with Gasteiger partial charge < -0.3 is 9.64 Å². The van der Waals surface area contributed by atoms with Crippen molar-refractivity contribution in [2.24, 2.45) is 0 Å². The van der Waals surface area contributed by atoms with Crippen molar-refractivity contribution in [2.45, 2.75) is 62.3 Å². The predicted octanol–water partition coefficient (Wildman–Crippen LogP) is 3.27. The molecule has 1 aliphatic carbocycles. The van der Waals surface area contributed by atoms with Gasteiger partial charge in [0.1, 0.15) is 5.75 Å². The minimum atomic E-state index is -3.63. The predicted molar refractivity (Wildman–Crippen MR) is 105 cm³/mol. The van der Waals surface area contributed by atoms with E-state index in [1.165, 1.54) is 17.5 Å². The number of carbonyl (C=O) groups excluding carboxylic acids is 1. The summed E-state index contributed by atoms with van der Waals surface area (Å²) in [6, 6.07) is 4.67. The van der Waals surface area contributed by atoms with Gasteiger partial charge >= 0.3 is 0 Å². The number of amides is 1. The smallest absolute Gasteiger partial charge is 0.257 e. The lowest BCUT2D eigenvalue weighted by Crippen LogP contribution is -2.35. The molecule has 1 amide bonds. The fourth-order valence-electron chi connectivity index (χ4n) is 4.09. The van der Waals surface area contributed by atoms with Crippen molar-refractivity contribution < 1.29 is 17.9 Å². The third kappa shape index (κ3) is 4.29. The van der Waals surface area contributed by atoms with E-state index in [9.17, 15) is 13.2 Å². The average Bonchev–Trinajstić information content (AvgIpc) is 3.08. The molecule has 0 radical (unpaired) electrons. The lowest BCUT2D eigenvalue weighted by Gasteiger charge is -2.25. The number of hydrogen-bond acceptors (Lipinski definition) is 4. The highest BCUT2D eigenvalue weighted by Crippen LogP contribution is 2.30. The van der Waals surface area contributed by atoms with Crippen molar-refractivity contribution in [3.05, 3.63) is 23.8 Å². The molecule has 7 heteroatoms. The Morgan fingerprint density at radius 3 is 2.30 bits per heavy atom. The molecule has 0 N–H and O–H groups in total. The van der Waals surface area contributed by atoms with Gasteiger partial charge in [-0.25, -0.2) is 8.42 Å². The minimum Gasteiger partial charge on any atom is -0.496 e. The molecule has 2 fully saturated rings. The molecule has 1 heterocycles. The molecule has 1 saturated heterocycles. The van der Waals surface area contributed by atoms with Crippen LogP contribution in [-0.4, -0.2) is 56.8 Å². The molecule has 0 aromatic heterocycles. The summed E-state index contributed by atoms with van der Waals surface area (Å²) in [5.74, 6) is 0.279. The molecule has 0 spiro atoms. The number of likely N-dealkylation sites (tertiary alicyclic amines) is 1. The summed E-state index contributed by atoms with van der Waals surface area (Å²) in [6.07, 6.45) is 8.13.